The van der Waals surface area contributed by atoms with Crippen molar-refractivity contribution in [2.45, 2.75) is 42.6 Å². The summed E-state index contributed by atoms with van der Waals surface area (Å²) >= 11 is 7.43. The number of benzene rings is 1. The minimum absolute atomic E-state index is 0.0104. The summed E-state index contributed by atoms with van der Waals surface area (Å²) in [5.41, 5.74) is 1.71. The molecule has 1 aliphatic rings. The van der Waals surface area contributed by atoms with Crippen LogP contribution in [0.15, 0.2) is 63.4 Å². The first-order valence-corrected chi connectivity index (χ1v) is 11.3. The van der Waals surface area contributed by atoms with E-state index in [1.807, 2.05) is 28.8 Å². The topological polar surface area (TPSA) is 69.3 Å². The zero-order valence-electron chi connectivity index (χ0n) is 16.1. The van der Waals surface area contributed by atoms with E-state index >= 15 is 0 Å². The normalized spacial score (nSPS) is 14.7. The highest BCUT2D eigenvalue weighted by atomic mass is 35.5. The summed E-state index contributed by atoms with van der Waals surface area (Å²) in [5.74, 6) is 0.450. The smallest absolute Gasteiger partial charge is 0.262 e. The molecule has 0 bridgehead atoms. The predicted molar refractivity (Wildman–Crippen MR) is 120 cm³/mol. The van der Waals surface area contributed by atoms with Crippen molar-refractivity contribution in [3.63, 3.8) is 0 Å². The molecule has 0 saturated heterocycles. The SMILES string of the molecule is O=c1c2ccccc2nc(SCc2cc(=O)n3cc(Cl)ccc3n2)n1C1CCCC1. The maximum Gasteiger partial charge on any atom is 0.262 e. The van der Waals surface area contributed by atoms with Gasteiger partial charge in [0.15, 0.2) is 5.16 Å². The Labute approximate surface area is 181 Å². The number of pyridine rings is 1. The largest absolute Gasteiger partial charge is 0.284 e. The van der Waals surface area contributed by atoms with Gasteiger partial charge >= 0.3 is 0 Å². The minimum atomic E-state index is -0.183. The first kappa shape index (κ1) is 19.3. The van der Waals surface area contributed by atoms with E-state index in [2.05, 4.69) is 4.98 Å². The molecule has 8 heteroatoms. The van der Waals surface area contributed by atoms with E-state index in [0.717, 1.165) is 25.7 Å². The van der Waals surface area contributed by atoms with Crippen LogP contribution >= 0.6 is 23.4 Å². The fraction of sp³-hybridized carbons (Fsp3) is 0.273. The molecule has 30 heavy (non-hydrogen) atoms. The van der Waals surface area contributed by atoms with Crippen molar-refractivity contribution >= 4 is 39.9 Å². The van der Waals surface area contributed by atoms with Gasteiger partial charge < -0.3 is 0 Å². The van der Waals surface area contributed by atoms with Crippen LogP contribution in [0.3, 0.4) is 0 Å². The molecule has 0 radical (unpaired) electrons. The van der Waals surface area contributed by atoms with Crippen molar-refractivity contribution < 1.29 is 0 Å². The summed E-state index contributed by atoms with van der Waals surface area (Å²) in [7, 11) is 0. The molecular formula is C22H19ClN4O2S. The standard InChI is InChI=1S/C22H19ClN4O2S/c23-14-9-10-19-24-15(11-20(28)26(19)12-14)13-30-22-25-18-8-4-3-7-17(18)21(29)27(22)16-5-1-2-6-16/h3-4,7-12,16H,1-2,5-6,13H2. The van der Waals surface area contributed by atoms with Gasteiger partial charge in [-0.1, -0.05) is 48.3 Å². The molecule has 1 fully saturated rings. The van der Waals surface area contributed by atoms with E-state index in [1.165, 1.54) is 22.2 Å². The number of hydrogen-bond acceptors (Lipinski definition) is 5. The second-order valence-electron chi connectivity index (χ2n) is 7.47. The van der Waals surface area contributed by atoms with Crippen molar-refractivity contribution in [3.05, 3.63) is 80.1 Å². The Hall–Kier alpha value is -2.64. The fourth-order valence-electron chi connectivity index (χ4n) is 4.05. The molecule has 1 aromatic carbocycles. The number of rotatable bonds is 4. The molecule has 4 aromatic rings. The quantitative estimate of drug-likeness (QED) is 0.347. The van der Waals surface area contributed by atoms with Crippen LogP contribution in [0.2, 0.25) is 5.02 Å². The number of hydrogen-bond donors (Lipinski definition) is 0. The Morgan fingerprint density at radius 2 is 1.87 bits per heavy atom. The molecule has 152 valence electrons. The van der Waals surface area contributed by atoms with Crippen molar-refractivity contribution in [2.75, 3.05) is 0 Å². The third-order valence-electron chi connectivity index (χ3n) is 5.49. The summed E-state index contributed by atoms with van der Waals surface area (Å²) in [6.07, 6.45) is 5.79. The van der Waals surface area contributed by atoms with Crippen LogP contribution in [0, 0.1) is 0 Å². The summed E-state index contributed by atoms with van der Waals surface area (Å²) in [6, 6.07) is 12.6. The van der Waals surface area contributed by atoms with Crippen LogP contribution in [0.1, 0.15) is 37.4 Å². The van der Waals surface area contributed by atoms with Crippen LogP contribution in [0.5, 0.6) is 0 Å². The number of aromatic nitrogens is 4. The van der Waals surface area contributed by atoms with Gasteiger partial charge in [-0.3, -0.25) is 18.6 Å². The van der Waals surface area contributed by atoms with Gasteiger partial charge in [0.05, 0.1) is 21.6 Å². The maximum atomic E-state index is 13.2. The molecule has 0 spiro atoms. The Morgan fingerprint density at radius 3 is 2.70 bits per heavy atom. The first-order chi connectivity index (χ1) is 14.6. The van der Waals surface area contributed by atoms with Gasteiger partial charge in [-0.15, -0.1) is 0 Å². The molecule has 3 heterocycles. The van der Waals surface area contributed by atoms with Crippen molar-refractivity contribution in [3.8, 4) is 0 Å². The second kappa shape index (κ2) is 7.89. The number of nitrogens with zero attached hydrogens (tertiary/aromatic N) is 4. The van der Waals surface area contributed by atoms with E-state index in [0.29, 0.717) is 38.2 Å². The number of thioether (sulfide) groups is 1. The van der Waals surface area contributed by atoms with Gasteiger partial charge in [0.25, 0.3) is 11.1 Å². The highest BCUT2D eigenvalue weighted by molar-refractivity contribution is 7.98. The van der Waals surface area contributed by atoms with Gasteiger partial charge in [0, 0.05) is 24.1 Å². The summed E-state index contributed by atoms with van der Waals surface area (Å²) in [4.78, 5) is 35.1. The van der Waals surface area contributed by atoms with E-state index in [1.54, 1.807) is 18.3 Å². The molecule has 0 amide bonds. The lowest BCUT2D eigenvalue weighted by molar-refractivity contribution is 0.457. The molecule has 0 unspecified atom stereocenters. The first-order valence-electron chi connectivity index (χ1n) is 9.92. The lowest BCUT2D eigenvalue weighted by atomic mass is 10.2. The fourth-order valence-corrected chi connectivity index (χ4v) is 5.17. The zero-order chi connectivity index (χ0) is 20.7. The van der Waals surface area contributed by atoms with E-state index < -0.39 is 0 Å². The maximum absolute atomic E-state index is 13.2. The Morgan fingerprint density at radius 1 is 1.07 bits per heavy atom. The Bertz CT molecular complexity index is 1380. The average Bonchev–Trinajstić information content (AvgIpc) is 3.27. The monoisotopic (exact) mass is 438 g/mol. The molecule has 0 N–H and O–H groups in total. The Balaban J connectivity index is 1.54. The third-order valence-corrected chi connectivity index (χ3v) is 6.70. The minimum Gasteiger partial charge on any atom is -0.284 e. The van der Waals surface area contributed by atoms with Gasteiger partial charge in [0.1, 0.15) is 5.65 Å². The molecule has 1 aliphatic carbocycles. The number of para-hydroxylation sites is 1. The molecule has 0 atom stereocenters. The number of fused-ring (bicyclic) bond motifs is 2. The van der Waals surface area contributed by atoms with Crippen LogP contribution < -0.4 is 11.1 Å². The summed E-state index contributed by atoms with van der Waals surface area (Å²) < 4.78 is 3.28. The molecule has 6 nitrogen and oxygen atoms in total. The number of halogens is 1. The van der Waals surface area contributed by atoms with E-state index in [-0.39, 0.29) is 17.2 Å². The Kier molecular flexibility index (Phi) is 5.08. The van der Waals surface area contributed by atoms with Gasteiger partial charge in [-0.25, -0.2) is 9.97 Å². The molecule has 5 rings (SSSR count). The van der Waals surface area contributed by atoms with Crippen LogP contribution in [0.25, 0.3) is 16.6 Å². The molecular weight excluding hydrogens is 420 g/mol. The third kappa shape index (κ3) is 3.52. The molecule has 1 saturated carbocycles. The van der Waals surface area contributed by atoms with Crippen molar-refractivity contribution in [1.29, 1.82) is 0 Å². The van der Waals surface area contributed by atoms with Crippen molar-refractivity contribution in [1.82, 2.24) is 18.9 Å². The molecule has 0 aliphatic heterocycles. The van der Waals surface area contributed by atoms with Crippen LogP contribution in [0.4, 0.5) is 0 Å². The summed E-state index contributed by atoms with van der Waals surface area (Å²) in [6.45, 7) is 0. The van der Waals surface area contributed by atoms with Gasteiger partial charge in [0.2, 0.25) is 0 Å². The summed E-state index contributed by atoms with van der Waals surface area (Å²) in [5, 5.41) is 1.81. The van der Waals surface area contributed by atoms with Crippen molar-refractivity contribution in [2.24, 2.45) is 0 Å². The van der Waals surface area contributed by atoms with Gasteiger partial charge in [-0.2, -0.15) is 0 Å². The molecule has 3 aromatic heterocycles. The second-order valence-corrected chi connectivity index (χ2v) is 8.85. The van der Waals surface area contributed by atoms with Gasteiger partial charge in [-0.05, 0) is 37.1 Å². The van der Waals surface area contributed by atoms with E-state index in [9.17, 15) is 9.59 Å². The predicted octanol–water partition coefficient (Wildman–Crippen LogP) is 4.47. The lowest BCUT2D eigenvalue weighted by Gasteiger charge is -2.18. The average molecular weight is 439 g/mol. The zero-order valence-corrected chi connectivity index (χ0v) is 17.7. The highest BCUT2D eigenvalue weighted by Gasteiger charge is 2.23. The highest BCUT2D eigenvalue weighted by Crippen LogP contribution is 2.32. The van der Waals surface area contributed by atoms with Crippen LogP contribution in [-0.4, -0.2) is 18.9 Å². The lowest BCUT2D eigenvalue weighted by Crippen LogP contribution is -2.26. The van der Waals surface area contributed by atoms with E-state index in [4.69, 9.17) is 16.6 Å². The van der Waals surface area contributed by atoms with Crippen LogP contribution in [-0.2, 0) is 5.75 Å².